The summed E-state index contributed by atoms with van der Waals surface area (Å²) in [6.45, 7) is 7.93. The first kappa shape index (κ1) is 21.9. The normalized spacial score (nSPS) is 17.0. The molecule has 1 rings (SSSR count). The van der Waals surface area contributed by atoms with E-state index in [1.165, 1.54) is 19.1 Å². The third kappa shape index (κ3) is 6.26. The summed E-state index contributed by atoms with van der Waals surface area (Å²) in [5, 5.41) is 19.1. The minimum absolute atomic E-state index is 0.0359. The first-order valence-electron chi connectivity index (χ1n) is 8.16. The van der Waals surface area contributed by atoms with Gasteiger partial charge in [0.05, 0.1) is 34.0 Å². The van der Waals surface area contributed by atoms with E-state index in [9.17, 15) is 23.6 Å². The first-order chi connectivity index (χ1) is 11.4. The molecule has 0 saturated carbocycles. The highest BCUT2D eigenvalue weighted by molar-refractivity contribution is 7.84. The van der Waals surface area contributed by atoms with Crippen LogP contribution in [0.3, 0.4) is 0 Å². The summed E-state index contributed by atoms with van der Waals surface area (Å²) in [6.07, 6.45) is -0.981. The lowest BCUT2D eigenvalue weighted by Gasteiger charge is -2.35. The maximum atomic E-state index is 14.5. The van der Waals surface area contributed by atoms with Gasteiger partial charge in [-0.3, -0.25) is 4.79 Å². The highest BCUT2D eigenvalue weighted by atomic mass is 32.2. The van der Waals surface area contributed by atoms with Gasteiger partial charge in [-0.25, -0.2) is 13.3 Å². The molecule has 7 heteroatoms. The van der Waals surface area contributed by atoms with Gasteiger partial charge in [0.25, 0.3) is 0 Å². The SMILES string of the molecule is CC(=O)Cc1ccc(F)c([C@](C)(CC(O)CO)N[S@](=O)C(C)(C)C)c1. The highest BCUT2D eigenvalue weighted by Gasteiger charge is 2.36. The Kier molecular flexibility index (Phi) is 7.43. The molecular weight excluding hydrogens is 345 g/mol. The van der Waals surface area contributed by atoms with Crippen LogP contribution in [0.1, 0.15) is 52.2 Å². The zero-order valence-electron chi connectivity index (χ0n) is 15.4. The smallest absolute Gasteiger partial charge is 0.134 e. The van der Waals surface area contributed by atoms with E-state index in [1.54, 1.807) is 33.8 Å². The van der Waals surface area contributed by atoms with Crippen molar-refractivity contribution in [3.63, 3.8) is 0 Å². The summed E-state index contributed by atoms with van der Waals surface area (Å²) < 4.78 is 29.4. The molecule has 0 radical (unpaired) electrons. The number of benzene rings is 1. The van der Waals surface area contributed by atoms with Crippen LogP contribution in [-0.2, 0) is 27.7 Å². The van der Waals surface area contributed by atoms with Crippen molar-refractivity contribution in [1.82, 2.24) is 4.72 Å². The van der Waals surface area contributed by atoms with Crippen LogP contribution in [0.4, 0.5) is 4.39 Å². The largest absolute Gasteiger partial charge is 0.394 e. The van der Waals surface area contributed by atoms with Crippen LogP contribution >= 0.6 is 0 Å². The number of Topliss-reactive ketones (excluding diaryl/α,β-unsaturated/α-hetero) is 1. The highest BCUT2D eigenvalue weighted by Crippen LogP contribution is 2.31. The van der Waals surface area contributed by atoms with Crippen molar-refractivity contribution in [3.05, 3.63) is 35.1 Å². The Labute approximate surface area is 151 Å². The van der Waals surface area contributed by atoms with Crippen molar-refractivity contribution in [2.75, 3.05) is 6.61 Å². The maximum absolute atomic E-state index is 14.5. The summed E-state index contributed by atoms with van der Waals surface area (Å²) in [7, 11) is -1.53. The van der Waals surface area contributed by atoms with Crippen LogP contribution in [0, 0.1) is 5.82 Å². The first-order valence-corrected chi connectivity index (χ1v) is 9.31. The van der Waals surface area contributed by atoms with E-state index in [1.807, 2.05) is 0 Å². The van der Waals surface area contributed by atoms with Crippen molar-refractivity contribution in [2.45, 2.75) is 63.9 Å². The molecule has 0 aliphatic heterocycles. The zero-order chi connectivity index (χ0) is 19.4. The number of ketones is 1. The number of rotatable bonds is 8. The molecule has 142 valence electrons. The number of aliphatic hydroxyl groups excluding tert-OH is 2. The number of aliphatic hydroxyl groups is 2. The van der Waals surface area contributed by atoms with Crippen molar-refractivity contribution < 1.29 is 23.6 Å². The quantitative estimate of drug-likeness (QED) is 0.650. The average molecular weight is 373 g/mol. The molecule has 3 N–H and O–H groups in total. The molecule has 5 nitrogen and oxygen atoms in total. The van der Waals surface area contributed by atoms with Crippen LogP contribution < -0.4 is 4.72 Å². The van der Waals surface area contributed by atoms with Crippen molar-refractivity contribution in [1.29, 1.82) is 0 Å². The number of carbonyl (C=O) groups is 1. The Hall–Kier alpha value is -1.15. The van der Waals surface area contributed by atoms with Gasteiger partial charge in [-0.15, -0.1) is 0 Å². The van der Waals surface area contributed by atoms with E-state index >= 15 is 0 Å². The fourth-order valence-electron chi connectivity index (χ4n) is 2.49. The fourth-order valence-corrected chi connectivity index (χ4v) is 3.40. The molecule has 1 unspecified atom stereocenters. The predicted octanol–water partition coefficient (Wildman–Crippen LogP) is 1.97. The minimum Gasteiger partial charge on any atom is -0.394 e. The zero-order valence-corrected chi connectivity index (χ0v) is 16.2. The molecule has 0 saturated heterocycles. The van der Waals surface area contributed by atoms with Crippen LogP contribution in [0.5, 0.6) is 0 Å². The molecule has 0 amide bonds. The number of carbonyl (C=O) groups excluding carboxylic acids is 1. The standard InChI is InChI=1S/C18H28FNO4S/c1-12(22)8-13-6-7-16(19)15(9-13)18(5,10-14(23)11-21)20-25(24)17(2,3)4/h6-7,9,14,20-21,23H,8,10-11H2,1-5H3/t14?,18-,25+/m0/s1. The van der Waals surface area contributed by atoms with Gasteiger partial charge in [0.15, 0.2) is 0 Å². The van der Waals surface area contributed by atoms with Gasteiger partial charge in [0, 0.05) is 12.0 Å². The second-order valence-electron chi connectivity index (χ2n) is 7.55. The van der Waals surface area contributed by atoms with Gasteiger partial charge in [-0.2, -0.15) is 0 Å². The fraction of sp³-hybridized carbons (Fsp3) is 0.611. The number of halogens is 1. The Morgan fingerprint density at radius 3 is 2.40 bits per heavy atom. The molecule has 3 atom stereocenters. The van der Waals surface area contributed by atoms with Crippen molar-refractivity contribution in [2.24, 2.45) is 0 Å². The van der Waals surface area contributed by atoms with Gasteiger partial charge < -0.3 is 10.2 Å². The van der Waals surface area contributed by atoms with Gasteiger partial charge in [-0.05, 0) is 52.7 Å². The average Bonchev–Trinajstić information content (AvgIpc) is 2.47. The van der Waals surface area contributed by atoms with E-state index in [2.05, 4.69) is 4.72 Å². The Morgan fingerprint density at radius 1 is 1.32 bits per heavy atom. The molecule has 1 aromatic rings. The Bertz CT molecular complexity index is 644. The van der Waals surface area contributed by atoms with Gasteiger partial charge in [0.2, 0.25) is 0 Å². The van der Waals surface area contributed by atoms with Crippen molar-refractivity contribution in [3.8, 4) is 0 Å². The molecule has 0 bridgehead atoms. The lowest BCUT2D eigenvalue weighted by atomic mass is 9.85. The molecular formula is C18H28FNO4S. The second kappa shape index (κ2) is 8.49. The second-order valence-corrected chi connectivity index (χ2v) is 9.52. The number of hydrogen-bond acceptors (Lipinski definition) is 4. The van der Waals surface area contributed by atoms with Gasteiger partial charge in [-0.1, -0.05) is 12.1 Å². The summed E-state index contributed by atoms with van der Waals surface area (Å²) >= 11 is 0. The van der Waals surface area contributed by atoms with Gasteiger partial charge in [0.1, 0.15) is 11.6 Å². The van der Waals surface area contributed by atoms with Gasteiger partial charge >= 0.3 is 0 Å². The van der Waals surface area contributed by atoms with E-state index in [-0.39, 0.29) is 24.2 Å². The molecule has 0 aromatic heterocycles. The molecule has 0 spiro atoms. The molecule has 0 aliphatic rings. The predicted molar refractivity (Wildman–Crippen MR) is 96.9 cm³/mol. The third-order valence-electron chi connectivity index (χ3n) is 3.81. The Morgan fingerprint density at radius 2 is 1.92 bits per heavy atom. The molecule has 25 heavy (non-hydrogen) atoms. The molecule has 0 heterocycles. The summed E-state index contributed by atoms with van der Waals surface area (Å²) in [6, 6.07) is 4.34. The lowest BCUT2D eigenvalue weighted by molar-refractivity contribution is -0.116. The van der Waals surface area contributed by atoms with E-state index < -0.39 is 39.8 Å². The minimum atomic E-state index is -1.53. The Balaban J connectivity index is 3.36. The van der Waals surface area contributed by atoms with Crippen LogP contribution in [-0.4, -0.2) is 37.7 Å². The summed E-state index contributed by atoms with van der Waals surface area (Å²) in [4.78, 5) is 11.4. The van der Waals surface area contributed by atoms with Crippen LogP contribution in [0.2, 0.25) is 0 Å². The van der Waals surface area contributed by atoms with E-state index in [0.29, 0.717) is 5.56 Å². The monoisotopic (exact) mass is 373 g/mol. The van der Waals surface area contributed by atoms with E-state index in [0.717, 1.165) is 0 Å². The maximum Gasteiger partial charge on any atom is 0.134 e. The summed E-state index contributed by atoms with van der Waals surface area (Å²) in [5.41, 5.74) is -0.342. The number of nitrogens with one attached hydrogen (secondary N) is 1. The third-order valence-corrected chi connectivity index (χ3v) is 5.56. The molecule has 0 aliphatic carbocycles. The molecule has 0 fully saturated rings. The lowest BCUT2D eigenvalue weighted by Crippen LogP contribution is -2.48. The van der Waals surface area contributed by atoms with E-state index in [4.69, 9.17) is 0 Å². The van der Waals surface area contributed by atoms with Crippen LogP contribution in [0.15, 0.2) is 18.2 Å². The topological polar surface area (TPSA) is 86.6 Å². The molecule has 1 aromatic carbocycles. The summed E-state index contributed by atoms with van der Waals surface area (Å²) in [5.74, 6) is -0.584. The van der Waals surface area contributed by atoms with Crippen molar-refractivity contribution >= 4 is 16.8 Å². The van der Waals surface area contributed by atoms with Crippen LogP contribution in [0.25, 0.3) is 0 Å². The number of hydrogen-bond donors (Lipinski definition) is 3.